The van der Waals surface area contributed by atoms with E-state index in [1.165, 1.54) is 6.08 Å². The number of hydrogen-bond acceptors (Lipinski definition) is 4. The van der Waals surface area contributed by atoms with E-state index in [-0.39, 0.29) is 0 Å². The van der Waals surface area contributed by atoms with Crippen molar-refractivity contribution in [2.75, 3.05) is 0 Å². The van der Waals surface area contributed by atoms with Crippen LogP contribution in [0.15, 0.2) is 11.2 Å². The zero-order valence-corrected chi connectivity index (χ0v) is 6.33. The lowest BCUT2D eigenvalue weighted by molar-refractivity contribution is 0.565. The summed E-state index contributed by atoms with van der Waals surface area (Å²) in [5, 5.41) is 0. The Kier molecular flexibility index (Phi) is 2.09. The number of nitrogens with zero attached hydrogens (tertiary/aromatic N) is 3. The molecule has 0 saturated heterocycles. The smallest absolute Gasteiger partial charge is 0.241 e. The Hall–Kier alpha value is -1.54. The fourth-order valence-electron chi connectivity index (χ4n) is 0.675. The molecule has 0 amide bonds. The Morgan fingerprint density at radius 1 is 1.55 bits per heavy atom. The third-order valence-electron chi connectivity index (χ3n) is 1.22. The van der Waals surface area contributed by atoms with Gasteiger partial charge in [0.1, 0.15) is 5.82 Å². The quantitative estimate of drug-likeness (QED) is 0.443. The molecule has 1 heterocycles. The molecule has 1 aromatic rings. The van der Waals surface area contributed by atoms with Crippen LogP contribution in [0.25, 0.3) is 0 Å². The molecule has 0 saturated carbocycles. The molecule has 56 valence electrons. The molecule has 0 fully saturated rings. The van der Waals surface area contributed by atoms with Gasteiger partial charge in [-0.1, -0.05) is 0 Å². The number of carbonyl (C=O) groups excluding carboxylic acids is 1. The predicted molar refractivity (Wildman–Crippen MR) is 39.3 cm³/mol. The fourth-order valence-corrected chi connectivity index (χ4v) is 0.675. The molecule has 4 heteroatoms. The van der Waals surface area contributed by atoms with Crippen LogP contribution in [0.5, 0.6) is 0 Å². The van der Waals surface area contributed by atoms with Gasteiger partial charge < -0.3 is 0 Å². The van der Waals surface area contributed by atoms with Crippen molar-refractivity contribution in [3.05, 3.63) is 17.6 Å². The minimum atomic E-state index is 0.396. The van der Waals surface area contributed by atoms with Crippen molar-refractivity contribution in [1.29, 1.82) is 0 Å². The van der Waals surface area contributed by atoms with Crippen LogP contribution in [0, 0.1) is 13.8 Å². The predicted octanol–water partition coefficient (Wildman–Crippen LogP) is 1.06. The van der Waals surface area contributed by atoms with Gasteiger partial charge in [0.15, 0.2) is 5.82 Å². The lowest BCUT2D eigenvalue weighted by Gasteiger charge is -1.95. The van der Waals surface area contributed by atoms with Gasteiger partial charge in [-0.25, -0.2) is 14.8 Å². The van der Waals surface area contributed by atoms with E-state index in [1.54, 1.807) is 20.0 Å². The van der Waals surface area contributed by atoms with E-state index in [2.05, 4.69) is 15.0 Å². The highest BCUT2D eigenvalue weighted by atomic mass is 16.1. The summed E-state index contributed by atoms with van der Waals surface area (Å²) in [6.07, 6.45) is 3.06. The fraction of sp³-hybridized carbons (Fsp3) is 0.286. The molecule has 4 nitrogen and oxygen atoms in total. The third-order valence-corrected chi connectivity index (χ3v) is 1.22. The second kappa shape index (κ2) is 3.03. The number of aryl methyl sites for hydroxylation is 2. The summed E-state index contributed by atoms with van der Waals surface area (Å²) in [6.45, 7) is 3.53. The Balaban J connectivity index is 3.22. The minimum absolute atomic E-state index is 0.396. The molecule has 1 rings (SSSR count). The van der Waals surface area contributed by atoms with Crippen molar-refractivity contribution in [3.63, 3.8) is 0 Å². The second-order valence-corrected chi connectivity index (χ2v) is 2.13. The first-order valence-corrected chi connectivity index (χ1v) is 3.12. The van der Waals surface area contributed by atoms with E-state index < -0.39 is 0 Å². The minimum Gasteiger partial charge on any atom is -0.241 e. The molecule has 0 unspecified atom stereocenters. The van der Waals surface area contributed by atoms with Crippen molar-refractivity contribution in [3.8, 4) is 0 Å². The summed E-state index contributed by atoms with van der Waals surface area (Å²) < 4.78 is 0. The molecule has 0 spiro atoms. The average molecular weight is 149 g/mol. The standard InChI is InChI=1S/C7H7N3O/c1-5-3-8-6(2)10-7(5)9-4-11/h3H,1-2H3. The maximum absolute atomic E-state index is 9.89. The van der Waals surface area contributed by atoms with Gasteiger partial charge in [0, 0.05) is 11.8 Å². The van der Waals surface area contributed by atoms with Crippen molar-refractivity contribution >= 4 is 11.9 Å². The molecule has 0 N–H and O–H groups in total. The number of rotatable bonds is 1. The summed E-state index contributed by atoms with van der Waals surface area (Å²) >= 11 is 0. The van der Waals surface area contributed by atoms with Crippen LogP contribution < -0.4 is 0 Å². The van der Waals surface area contributed by atoms with E-state index in [0.717, 1.165) is 5.56 Å². The molecule has 0 aromatic carbocycles. The molecule has 0 atom stereocenters. The van der Waals surface area contributed by atoms with Crippen LogP contribution in [0.2, 0.25) is 0 Å². The highest BCUT2D eigenvalue weighted by molar-refractivity contribution is 5.47. The summed E-state index contributed by atoms with van der Waals surface area (Å²) in [5.74, 6) is 0.997. The average Bonchev–Trinajstić information content (AvgIpc) is 1.98. The SMILES string of the molecule is Cc1ncc(C)c(N=C=O)n1. The van der Waals surface area contributed by atoms with Crippen LogP contribution in [-0.2, 0) is 4.79 Å². The first-order valence-electron chi connectivity index (χ1n) is 3.12. The van der Waals surface area contributed by atoms with Gasteiger partial charge in [-0.3, -0.25) is 0 Å². The largest absolute Gasteiger partial charge is 0.242 e. The zero-order chi connectivity index (χ0) is 8.27. The van der Waals surface area contributed by atoms with Gasteiger partial charge in [-0.05, 0) is 13.8 Å². The number of hydrogen-bond donors (Lipinski definition) is 0. The van der Waals surface area contributed by atoms with Crippen molar-refractivity contribution < 1.29 is 4.79 Å². The molecule has 0 aliphatic heterocycles. The first-order chi connectivity index (χ1) is 5.24. The summed E-state index contributed by atoms with van der Waals surface area (Å²) in [7, 11) is 0. The van der Waals surface area contributed by atoms with E-state index >= 15 is 0 Å². The molecule has 1 aromatic heterocycles. The van der Waals surface area contributed by atoms with Crippen LogP contribution >= 0.6 is 0 Å². The summed E-state index contributed by atoms with van der Waals surface area (Å²) in [4.78, 5) is 21.1. The third kappa shape index (κ3) is 1.69. The lowest BCUT2D eigenvalue weighted by atomic mass is 10.3. The molecular weight excluding hydrogens is 142 g/mol. The highest BCUT2D eigenvalue weighted by Crippen LogP contribution is 2.11. The zero-order valence-electron chi connectivity index (χ0n) is 6.33. The number of aliphatic imine (C=N–C) groups is 1. The van der Waals surface area contributed by atoms with E-state index in [1.807, 2.05) is 0 Å². The highest BCUT2D eigenvalue weighted by Gasteiger charge is 1.97. The molecule has 0 aliphatic rings. The Morgan fingerprint density at radius 2 is 2.27 bits per heavy atom. The maximum Gasteiger partial charge on any atom is 0.242 e. The molecule has 0 bridgehead atoms. The lowest BCUT2D eigenvalue weighted by Crippen LogP contribution is -1.88. The summed E-state index contributed by atoms with van der Waals surface area (Å²) in [6, 6.07) is 0. The van der Waals surface area contributed by atoms with Crippen molar-refractivity contribution in [1.82, 2.24) is 9.97 Å². The van der Waals surface area contributed by atoms with Crippen LogP contribution in [0.3, 0.4) is 0 Å². The van der Waals surface area contributed by atoms with E-state index in [9.17, 15) is 4.79 Å². The maximum atomic E-state index is 9.89. The van der Waals surface area contributed by atoms with Crippen molar-refractivity contribution in [2.24, 2.45) is 4.99 Å². The molecule has 0 radical (unpaired) electrons. The van der Waals surface area contributed by atoms with Gasteiger partial charge in [0.2, 0.25) is 6.08 Å². The second-order valence-electron chi connectivity index (χ2n) is 2.13. The Morgan fingerprint density at radius 3 is 2.91 bits per heavy atom. The molecule has 11 heavy (non-hydrogen) atoms. The molecule has 0 aliphatic carbocycles. The number of isocyanates is 1. The van der Waals surface area contributed by atoms with Gasteiger partial charge in [-0.15, -0.1) is 4.99 Å². The topological polar surface area (TPSA) is 55.2 Å². The van der Waals surface area contributed by atoms with Crippen LogP contribution in [-0.4, -0.2) is 16.0 Å². The van der Waals surface area contributed by atoms with Gasteiger partial charge in [0.05, 0.1) is 0 Å². The monoisotopic (exact) mass is 149 g/mol. The van der Waals surface area contributed by atoms with Gasteiger partial charge >= 0.3 is 0 Å². The van der Waals surface area contributed by atoms with Crippen LogP contribution in [0.1, 0.15) is 11.4 Å². The van der Waals surface area contributed by atoms with Gasteiger partial charge in [-0.2, -0.15) is 0 Å². The Bertz CT molecular complexity index is 315. The van der Waals surface area contributed by atoms with Crippen molar-refractivity contribution in [2.45, 2.75) is 13.8 Å². The molecular formula is C7H7N3O. The van der Waals surface area contributed by atoms with Crippen LogP contribution in [0.4, 0.5) is 5.82 Å². The van der Waals surface area contributed by atoms with Gasteiger partial charge in [0.25, 0.3) is 0 Å². The number of aromatic nitrogens is 2. The Labute approximate surface area is 64.0 Å². The van der Waals surface area contributed by atoms with E-state index in [4.69, 9.17) is 0 Å². The first kappa shape index (κ1) is 7.57. The summed E-state index contributed by atoms with van der Waals surface area (Å²) in [5.41, 5.74) is 0.777. The van der Waals surface area contributed by atoms with E-state index in [0.29, 0.717) is 11.6 Å². The normalized spacial score (nSPS) is 8.91.